The van der Waals surface area contributed by atoms with E-state index in [0.717, 1.165) is 11.1 Å². The molecule has 0 saturated heterocycles. The van der Waals surface area contributed by atoms with Gasteiger partial charge in [-0.3, -0.25) is 25.2 Å². The predicted molar refractivity (Wildman–Crippen MR) is 113 cm³/mol. The summed E-state index contributed by atoms with van der Waals surface area (Å²) in [5.74, 6) is -0.129. The van der Waals surface area contributed by atoms with Crippen molar-refractivity contribution < 1.29 is 19.1 Å². The summed E-state index contributed by atoms with van der Waals surface area (Å²) in [4.78, 5) is 38.4. The molecule has 0 atom stereocenters. The van der Waals surface area contributed by atoms with Crippen LogP contribution in [0.2, 0.25) is 0 Å². The SMILES string of the molecule is Cc1cccc(C)c1OCC(=O)NNC(=O)c1ccccc1SCC(=O)N(C)C. The largest absolute Gasteiger partial charge is 0.483 e. The summed E-state index contributed by atoms with van der Waals surface area (Å²) in [7, 11) is 3.36. The standard InChI is InChI=1S/C21H25N3O4S/c1-14-8-7-9-15(2)20(14)28-12-18(25)22-23-21(27)16-10-5-6-11-17(16)29-13-19(26)24(3)4/h5-11H,12-13H2,1-4H3,(H,22,25)(H,23,27). The first kappa shape index (κ1) is 22.3. The number of para-hydroxylation sites is 1. The van der Waals surface area contributed by atoms with Gasteiger partial charge in [-0.1, -0.05) is 30.3 Å². The quantitative estimate of drug-likeness (QED) is 0.535. The van der Waals surface area contributed by atoms with E-state index in [4.69, 9.17) is 4.74 Å². The molecular formula is C21H25N3O4S. The average Bonchev–Trinajstić information content (AvgIpc) is 2.70. The number of thioether (sulfide) groups is 1. The molecule has 154 valence electrons. The van der Waals surface area contributed by atoms with Gasteiger partial charge in [0, 0.05) is 19.0 Å². The molecule has 0 bridgehead atoms. The first-order chi connectivity index (χ1) is 13.8. The van der Waals surface area contributed by atoms with Crippen molar-refractivity contribution in [3.8, 4) is 5.75 Å². The number of rotatable bonds is 7. The minimum absolute atomic E-state index is 0.0536. The maximum Gasteiger partial charge on any atom is 0.276 e. The fraction of sp³-hybridized carbons (Fsp3) is 0.286. The number of hydrazine groups is 1. The van der Waals surface area contributed by atoms with Crippen LogP contribution in [0.3, 0.4) is 0 Å². The molecule has 0 heterocycles. The highest BCUT2D eigenvalue weighted by atomic mass is 32.2. The molecule has 29 heavy (non-hydrogen) atoms. The molecule has 0 unspecified atom stereocenters. The van der Waals surface area contributed by atoms with Gasteiger partial charge in [-0.2, -0.15) is 0 Å². The van der Waals surface area contributed by atoms with Crippen LogP contribution in [0.15, 0.2) is 47.4 Å². The molecule has 2 rings (SSSR count). The lowest BCUT2D eigenvalue weighted by Gasteiger charge is -2.14. The van der Waals surface area contributed by atoms with Crippen molar-refractivity contribution in [2.24, 2.45) is 0 Å². The summed E-state index contributed by atoms with van der Waals surface area (Å²) >= 11 is 1.27. The van der Waals surface area contributed by atoms with Gasteiger partial charge in [0.05, 0.1) is 11.3 Å². The smallest absolute Gasteiger partial charge is 0.276 e. The number of carbonyl (C=O) groups excluding carboxylic acids is 3. The number of aryl methyl sites for hydroxylation is 2. The summed E-state index contributed by atoms with van der Waals surface area (Å²) < 4.78 is 5.57. The lowest BCUT2D eigenvalue weighted by atomic mass is 10.1. The number of amides is 3. The molecule has 0 radical (unpaired) electrons. The second-order valence-electron chi connectivity index (χ2n) is 6.58. The summed E-state index contributed by atoms with van der Waals surface area (Å²) in [5.41, 5.74) is 6.98. The van der Waals surface area contributed by atoms with E-state index in [1.54, 1.807) is 38.4 Å². The second kappa shape index (κ2) is 10.5. The molecule has 2 aromatic rings. The van der Waals surface area contributed by atoms with E-state index in [-0.39, 0.29) is 18.3 Å². The van der Waals surface area contributed by atoms with Crippen LogP contribution < -0.4 is 15.6 Å². The van der Waals surface area contributed by atoms with Gasteiger partial charge < -0.3 is 9.64 Å². The molecule has 0 spiro atoms. The molecule has 0 aromatic heterocycles. The van der Waals surface area contributed by atoms with Crippen LogP contribution in [0.5, 0.6) is 5.75 Å². The minimum Gasteiger partial charge on any atom is -0.483 e. The van der Waals surface area contributed by atoms with E-state index < -0.39 is 11.8 Å². The summed E-state index contributed by atoms with van der Waals surface area (Å²) in [5, 5.41) is 0. The fourth-order valence-corrected chi connectivity index (χ4v) is 3.47. The number of ether oxygens (including phenoxy) is 1. The number of hydrogen-bond acceptors (Lipinski definition) is 5. The third kappa shape index (κ3) is 6.53. The van der Waals surface area contributed by atoms with Crippen molar-refractivity contribution in [2.75, 3.05) is 26.5 Å². The molecule has 3 amide bonds. The van der Waals surface area contributed by atoms with Gasteiger partial charge in [0.15, 0.2) is 6.61 Å². The van der Waals surface area contributed by atoms with Crippen LogP contribution in [0.1, 0.15) is 21.5 Å². The zero-order chi connectivity index (χ0) is 21.4. The molecule has 0 aliphatic heterocycles. The van der Waals surface area contributed by atoms with Crippen LogP contribution in [-0.2, 0) is 9.59 Å². The van der Waals surface area contributed by atoms with Crippen LogP contribution >= 0.6 is 11.8 Å². The zero-order valence-corrected chi connectivity index (χ0v) is 17.8. The van der Waals surface area contributed by atoms with E-state index in [1.165, 1.54) is 16.7 Å². The third-order valence-corrected chi connectivity index (χ3v) is 5.11. The maximum absolute atomic E-state index is 12.5. The molecular weight excluding hydrogens is 390 g/mol. The Hall–Kier alpha value is -3.00. The van der Waals surface area contributed by atoms with E-state index in [0.29, 0.717) is 16.2 Å². The van der Waals surface area contributed by atoms with Gasteiger partial charge in [-0.15, -0.1) is 11.8 Å². The number of nitrogens with zero attached hydrogens (tertiary/aromatic N) is 1. The van der Waals surface area contributed by atoms with Crippen LogP contribution in [0.4, 0.5) is 0 Å². The number of nitrogens with one attached hydrogen (secondary N) is 2. The Morgan fingerprint density at radius 3 is 2.28 bits per heavy atom. The van der Waals surface area contributed by atoms with Gasteiger partial charge in [-0.25, -0.2) is 0 Å². The lowest BCUT2D eigenvalue weighted by Crippen LogP contribution is -2.44. The summed E-state index contributed by atoms with van der Waals surface area (Å²) in [6.45, 7) is 3.58. The molecule has 0 saturated carbocycles. The average molecular weight is 416 g/mol. The van der Waals surface area contributed by atoms with E-state index >= 15 is 0 Å². The maximum atomic E-state index is 12.5. The molecule has 7 nitrogen and oxygen atoms in total. The van der Waals surface area contributed by atoms with E-state index in [2.05, 4.69) is 10.9 Å². The Bertz CT molecular complexity index is 879. The van der Waals surface area contributed by atoms with Crippen molar-refractivity contribution in [1.29, 1.82) is 0 Å². The van der Waals surface area contributed by atoms with Crippen molar-refractivity contribution in [1.82, 2.24) is 15.8 Å². The number of hydrogen-bond donors (Lipinski definition) is 2. The van der Waals surface area contributed by atoms with Gasteiger partial charge in [-0.05, 0) is 37.1 Å². The molecule has 0 aliphatic carbocycles. The Morgan fingerprint density at radius 2 is 1.62 bits per heavy atom. The lowest BCUT2D eigenvalue weighted by molar-refractivity contribution is -0.126. The Labute approximate surface area is 174 Å². The highest BCUT2D eigenvalue weighted by molar-refractivity contribution is 8.00. The fourth-order valence-electron chi connectivity index (χ4n) is 2.44. The van der Waals surface area contributed by atoms with Crippen LogP contribution in [-0.4, -0.2) is 49.1 Å². The van der Waals surface area contributed by atoms with Crippen molar-refractivity contribution in [3.63, 3.8) is 0 Å². The topological polar surface area (TPSA) is 87.7 Å². The molecule has 2 N–H and O–H groups in total. The van der Waals surface area contributed by atoms with Crippen molar-refractivity contribution >= 4 is 29.5 Å². The first-order valence-electron chi connectivity index (χ1n) is 8.99. The van der Waals surface area contributed by atoms with Gasteiger partial charge >= 0.3 is 0 Å². The van der Waals surface area contributed by atoms with Gasteiger partial charge in [0.25, 0.3) is 11.8 Å². The Kier molecular flexibility index (Phi) is 8.09. The second-order valence-corrected chi connectivity index (χ2v) is 7.60. The molecule has 0 fully saturated rings. The highest BCUT2D eigenvalue weighted by Crippen LogP contribution is 2.23. The number of benzene rings is 2. The predicted octanol–water partition coefficient (Wildman–Crippen LogP) is 2.32. The normalized spacial score (nSPS) is 10.2. The summed E-state index contributed by atoms with van der Waals surface area (Å²) in [6, 6.07) is 12.6. The molecule has 2 aromatic carbocycles. The molecule has 0 aliphatic rings. The summed E-state index contributed by atoms with van der Waals surface area (Å²) in [6.07, 6.45) is 0. The van der Waals surface area contributed by atoms with Crippen LogP contribution in [0, 0.1) is 13.8 Å². The highest BCUT2D eigenvalue weighted by Gasteiger charge is 2.14. The van der Waals surface area contributed by atoms with E-state index in [1.807, 2.05) is 32.0 Å². The van der Waals surface area contributed by atoms with Crippen molar-refractivity contribution in [2.45, 2.75) is 18.7 Å². The Balaban J connectivity index is 1.90. The van der Waals surface area contributed by atoms with Gasteiger partial charge in [0.2, 0.25) is 5.91 Å². The monoisotopic (exact) mass is 415 g/mol. The Morgan fingerprint density at radius 1 is 0.966 bits per heavy atom. The van der Waals surface area contributed by atoms with Crippen LogP contribution in [0.25, 0.3) is 0 Å². The number of carbonyl (C=O) groups is 3. The van der Waals surface area contributed by atoms with E-state index in [9.17, 15) is 14.4 Å². The van der Waals surface area contributed by atoms with Crippen molar-refractivity contribution in [3.05, 3.63) is 59.2 Å². The molecule has 8 heteroatoms. The first-order valence-corrected chi connectivity index (χ1v) is 9.98. The third-order valence-electron chi connectivity index (χ3n) is 4.05. The van der Waals surface area contributed by atoms with Gasteiger partial charge in [0.1, 0.15) is 5.75 Å². The minimum atomic E-state index is -0.478. The zero-order valence-electron chi connectivity index (χ0n) is 16.9.